The molecule has 7 nitrogen and oxygen atoms in total. The highest BCUT2D eigenvalue weighted by Gasteiger charge is 2.23. The molecule has 0 amide bonds. The predicted molar refractivity (Wildman–Crippen MR) is 124 cm³/mol. The Morgan fingerprint density at radius 2 is 2.13 bits per heavy atom. The second-order valence-corrected chi connectivity index (χ2v) is 9.21. The van der Waals surface area contributed by atoms with Crippen LogP contribution in [0.5, 0.6) is 0 Å². The van der Waals surface area contributed by atoms with E-state index in [1.54, 1.807) is 18.3 Å². The number of aliphatic hydroxyl groups is 1. The number of hydrogen-bond acceptors (Lipinski definition) is 7. The smallest absolute Gasteiger partial charge is 0.184 e. The molecule has 4 aromatic rings. The maximum Gasteiger partial charge on any atom is 0.184 e. The van der Waals surface area contributed by atoms with E-state index in [2.05, 4.69) is 38.1 Å². The molecule has 1 aliphatic carbocycles. The molecule has 0 spiro atoms. The van der Waals surface area contributed by atoms with Crippen LogP contribution < -0.4 is 5.32 Å². The van der Waals surface area contributed by atoms with Crippen molar-refractivity contribution in [1.29, 1.82) is 0 Å². The summed E-state index contributed by atoms with van der Waals surface area (Å²) < 4.78 is 3.19. The molecule has 31 heavy (non-hydrogen) atoms. The van der Waals surface area contributed by atoms with E-state index in [1.165, 1.54) is 5.56 Å². The SMILES string of the molecule is C/C(=N\O)c1ccn2c(Cc3ccc4nc(NC5CCCCC5O)sc4c3)cnc2c1. The van der Waals surface area contributed by atoms with Gasteiger partial charge in [0.15, 0.2) is 5.13 Å². The lowest BCUT2D eigenvalue weighted by Crippen LogP contribution is -2.36. The summed E-state index contributed by atoms with van der Waals surface area (Å²) in [6.07, 6.45) is 8.41. The van der Waals surface area contributed by atoms with Crippen molar-refractivity contribution in [3.63, 3.8) is 0 Å². The second-order valence-electron chi connectivity index (χ2n) is 8.18. The zero-order valence-electron chi connectivity index (χ0n) is 17.3. The van der Waals surface area contributed by atoms with Crippen LogP contribution in [0.3, 0.4) is 0 Å². The number of nitrogens with one attached hydrogen (secondary N) is 1. The van der Waals surface area contributed by atoms with E-state index in [-0.39, 0.29) is 12.1 Å². The molecule has 3 N–H and O–H groups in total. The van der Waals surface area contributed by atoms with Gasteiger partial charge in [-0.25, -0.2) is 9.97 Å². The molecular formula is C23H25N5O2S. The lowest BCUT2D eigenvalue weighted by molar-refractivity contribution is 0.116. The van der Waals surface area contributed by atoms with E-state index >= 15 is 0 Å². The number of benzene rings is 1. The van der Waals surface area contributed by atoms with Gasteiger partial charge in [-0.2, -0.15) is 0 Å². The Hall–Kier alpha value is -2.97. The lowest BCUT2D eigenvalue weighted by atomic mass is 9.93. The van der Waals surface area contributed by atoms with E-state index in [4.69, 9.17) is 10.2 Å². The molecule has 1 saturated carbocycles. The van der Waals surface area contributed by atoms with E-state index in [0.717, 1.165) is 64.4 Å². The molecule has 3 heterocycles. The highest BCUT2D eigenvalue weighted by atomic mass is 32.1. The third-order valence-corrected chi connectivity index (χ3v) is 6.98. The van der Waals surface area contributed by atoms with Crippen molar-refractivity contribution in [2.24, 2.45) is 5.16 Å². The van der Waals surface area contributed by atoms with Crippen molar-refractivity contribution < 1.29 is 10.3 Å². The van der Waals surface area contributed by atoms with Gasteiger partial charge in [0, 0.05) is 30.1 Å². The number of nitrogens with zero attached hydrogens (tertiary/aromatic N) is 4. The average molecular weight is 436 g/mol. The fourth-order valence-electron chi connectivity index (χ4n) is 4.23. The van der Waals surface area contributed by atoms with Crippen molar-refractivity contribution in [2.75, 3.05) is 5.32 Å². The number of anilines is 1. The number of rotatable bonds is 5. The second kappa shape index (κ2) is 8.28. The Kier molecular flexibility index (Phi) is 5.33. The monoisotopic (exact) mass is 435 g/mol. The normalized spacial score (nSPS) is 19.9. The van der Waals surface area contributed by atoms with Crippen LogP contribution in [-0.4, -0.2) is 42.5 Å². The number of imidazole rings is 1. The number of pyridine rings is 1. The van der Waals surface area contributed by atoms with Crippen LogP contribution in [0.15, 0.2) is 47.9 Å². The fourth-order valence-corrected chi connectivity index (χ4v) is 5.23. The minimum Gasteiger partial charge on any atom is -0.411 e. The minimum atomic E-state index is -0.292. The predicted octanol–water partition coefficient (Wildman–Crippen LogP) is 4.45. The van der Waals surface area contributed by atoms with Gasteiger partial charge in [-0.15, -0.1) is 0 Å². The molecule has 0 bridgehead atoms. The van der Waals surface area contributed by atoms with Crippen molar-refractivity contribution in [1.82, 2.24) is 14.4 Å². The Labute approximate surface area is 184 Å². The van der Waals surface area contributed by atoms with Gasteiger partial charge in [-0.1, -0.05) is 35.4 Å². The molecule has 0 saturated heterocycles. The summed E-state index contributed by atoms with van der Waals surface area (Å²) in [4.78, 5) is 9.22. The maximum absolute atomic E-state index is 10.2. The van der Waals surface area contributed by atoms with E-state index in [9.17, 15) is 5.11 Å². The van der Waals surface area contributed by atoms with Crippen LogP contribution in [0.4, 0.5) is 5.13 Å². The quantitative estimate of drug-likeness (QED) is 0.245. The molecule has 0 radical (unpaired) electrons. The number of hydrogen-bond donors (Lipinski definition) is 3. The Balaban J connectivity index is 1.37. The Morgan fingerprint density at radius 3 is 2.97 bits per heavy atom. The molecule has 1 fully saturated rings. The van der Waals surface area contributed by atoms with Gasteiger partial charge in [-0.05, 0) is 49.6 Å². The molecule has 2 atom stereocenters. The average Bonchev–Trinajstić information content (AvgIpc) is 3.37. The van der Waals surface area contributed by atoms with Crippen LogP contribution in [-0.2, 0) is 6.42 Å². The highest BCUT2D eigenvalue weighted by molar-refractivity contribution is 7.22. The topological polar surface area (TPSA) is 95.0 Å². The first-order chi connectivity index (χ1) is 15.1. The summed E-state index contributed by atoms with van der Waals surface area (Å²) >= 11 is 1.64. The summed E-state index contributed by atoms with van der Waals surface area (Å²) in [5.41, 5.74) is 5.50. The summed E-state index contributed by atoms with van der Waals surface area (Å²) in [5, 5.41) is 26.8. The molecule has 0 aliphatic heterocycles. The first kappa shape index (κ1) is 20.0. The van der Waals surface area contributed by atoms with Gasteiger partial charge in [0.25, 0.3) is 0 Å². The Bertz CT molecular complexity index is 1260. The van der Waals surface area contributed by atoms with E-state index in [1.807, 2.05) is 24.5 Å². The minimum absolute atomic E-state index is 0.0938. The molecule has 8 heteroatoms. The van der Waals surface area contributed by atoms with Gasteiger partial charge in [0.1, 0.15) is 5.65 Å². The van der Waals surface area contributed by atoms with Gasteiger partial charge in [0.2, 0.25) is 0 Å². The highest BCUT2D eigenvalue weighted by Crippen LogP contribution is 2.30. The van der Waals surface area contributed by atoms with E-state index in [0.29, 0.717) is 5.71 Å². The van der Waals surface area contributed by atoms with Gasteiger partial charge < -0.3 is 20.0 Å². The van der Waals surface area contributed by atoms with Crippen LogP contribution in [0.1, 0.15) is 49.4 Å². The van der Waals surface area contributed by atoms with Crippen molar-refractivity contribution in [2.45, 2.75) is 51.2 Å². The van der Waals surface area contributed by atoms with E-state index < -0.39 is 0 Å². The summed E-state index contributed by atoms with van der Waals surface area (Å²) in [6, 6.07) is 10.3. The Morgan fingerprint density at radius 1 is 1.26 bits per heavy atom. The lowest BCUT2D eigenvalue weighted by Gasteiger charge is -2.27. The van der Waals surface area contributed by atoms with Crippen LogP contribution in [0.2, 0.25) is 0 Å². The molecule has 160 valence electrons. The molecule has 3 aromatic heterocycles. The standard InChI is InChI=1S/C23H25N5O2S/c1-14(27-30)16-8-9-28-17(13-24-22(28)12-16)10-15-6-7-19-21(11-15)31-23(26-19)25-18-4-2-3-5-20(18)29/h6-9,11-13,18,20,29-30H,2-5,10H2,1H3,(H,25,26)/b27-14+. The molecule has 2 unspecified atom stereocenters. The van der Waals surface area contributed by atoms with Crippen molar-refractivity contribution in [3.05, 3.63) is 59.5 Å². The molecule has 1 aromatic carbocycles. The van der Waals surface area contributed by atoms with Gasteiger partial charge in [-0.3, -0.25) is 0 Å². The van der Waals surface area contributed by atoms with Crippen LogP contribution in [0, 0.1) is 0 Å². The number of thiazole rings is 1. The maximum atomic E-state index is 10.2. The zero-order valence-corrected chi connectivity index (χ0v) is 18.1. The van der Waals surface area contributed by atoms with Crippen molar-refractivity contribution >= 4 is 38.0 Å². The first-order valence-electron chi connectivity index (χ1n) is 10.6. The first-order valence-corrected chi connectivity index (χ1v) is 11.4. The number of fused-ring (bicyclic) bond motifs is 2. The van der Waals surface area contributed by atoms with Crippen LogP contribution in [0.25, 0.3) is 15.9 Å². The zero-order chi connectivity index (χ0) is 21.4. The van der Waals surface area contributed by atoms with Crippen molar-refractivity contribution in [3.8, 4) is 0 Å². The van der Waals surface area contributed by atoms with Gasteiger partial charge in [0.05, 0.1) is 28.1 Å². The fraction of sp³-hybridized carbons (Fsp3) is 0.348. The molecule has 5 rings (SSSR count). The number of aromatic nitrogens is 3. The molecule has 1 aliphatic rings. The number of aliphatic hydroxyl groups excluding tert-OH is 1. The van der Waals surface area contributed by atoms with Crippen LogP contribution >= 0.6 is 11.3 Å². The summed E-state index contributed by atoms with van der Waals surface area (Å²) in [7, 11) is 0. The van der Waals surface area contributed by atoms with Gasteiger partial charge >= 0.3 is 0 Å². The third-order valence-electron chi connectivity index (χ3n) is 6.03. The summed E-state index contributed by atoms with van der Waals surface area (Å²) in [5.74, 6) is 0. The molecular weight excluding hydrogens is 410 g/mol. The largest absolute Gasteiger partial charge is 0.411 e. The third kappa shape index (κ3) is 4.00. The summed E-state index contributed by atoms with van der Waals surface area (Å²) in [6.45, 7) is 1.76. The number of oxime groups is 1.